The van der Waals surface area contributed by atoms with Gasteiger partial charge in [-0.15, -0.1) is 0 Å². The Morgan fingerprint density at radius 2 is 1.94 bits per heavy atom. The van der Waals surface area contributed by atoms with E-state index in [9.17, 15) is 0 Å². The third-order valence-electron chi connectivity index (χ3n) is 6.74. The highest BCUT2D eigenvalue weighted by atomic mass is 14.9. The molecule has 0 saturated heterocycles. The van der Waals surface area contributed by atoms with Crippen LogP contribution >= 0.6 is 0 Å². The molecule has 1 aliphatic rings. The molecule has 1 heterocycles. The quantitative estimate of drug-likeness (QED) is 0.312. The molecular formula is C29H36N2. The summed E-state index contributed by atoms with van der Waals surface area (Å²) in [7, 11) is 0. The Balaban J connectivity index is 1.56. The summed E-state index contributed by atoms with van der Waals surface area (Å²) in [4.78, 5) is 4.65. The smallest absolute Gasteiger partial charge is 0.0705 e. The fourth-order valence-corrected chi connectivity index (χ4v) is 4.91. The Hall–Kier alpha value is -2.61. The molecule has 0 aliphatic heterocycles. The van der Waals surface area contributed by atoms with Crippen LogP contribution in [-0.4, -0.2) is 4.98 Å². The predicted molar refractivity (Wildman–Crippen MR) is 133 cm³/mol. The molecule has 2 nitrogen and oxygen atoms in total. The van der Waals surface area contributed by atoms with Gasteiger partial charge in [0.1, 0.15) is 0 Å². The minimum absolute atomic E-state index is 0.849. The zero-order valence-electron chi connectivity index (χ0n) is 19.4. The second-order valence-corrected chi connectivity index (χ2v) is 9.28. The first-order valence-electron chi connectivity index (χ1n) is 12.1. The van der Waals surface area contributed by atoms with E-state index in [-0.39, 0.29) is 0 Å². The Morgan fingerprint density at radius 3 is 2.74 bits per heavy atom. The van der Waals surface area contributed by atoms with Crippen molar-refractivity contribution in [3.8, 4) is 11.3 Å². The number of rotatable bonds is 7. The van der Waals surface area contributed by atoms with Gasteiger partial charge in [-0.25, -0.2) is 0 Å². The number of fused-ring (bicyclic) bond motifs is 1. The number of unbranched alkanes of at least 4 members (excludes halogenated alkanes) is 2. The number of hydrogen-bond donors (Lipinski definition) is 1. The summed E-state index contributed by atoms with van der Waals surface area (Å²) in [6.45, 7) is 6.54. The van der Waals surface area contributed by atoms with Gasteiger partial charge in [0.25, 0.3) is 0 Å². The van der Waals surface area contributed by atoms with Crippen LogP contribution in [0.15, 0.2) is 54.7 Å². The van der Waals surface area contributed by atoms with Crippen LogP contribution in [0, 0.1) is 19.8 Å². The number of pyridine rings is 1. The van der Waals surface area contributed by atoms with Crippen molar-refractivity contribution >= 4 is 11.4 Å². The number of nitrogens with zero attached hydrogens (tertiary/aromatic N) is 1. The van der Waals surface area contributed by atoms with E-state index in [0.29, 0.717) is 0 Å². The number of nitrogens with one attached hydrogen (secondary N) is 1. The zero-order chi connectivity index (χ0) is 21.6. The van der Waals surface area contributed by atoms with Crippen molar-refractivity contribution < 1.29 is 0 Å². The highest BCUT2D eigenvalue weighted by Gasteiger charge is 2.19. The highest BCUT2D eigenvalue weighted by Crippen LogP contribution is 2.34. The first kappa shape index (κ1) is 21.6. The lowest BCUT2D eigenvalue weighted by Gasteiger charge is -2.17. The Bertz CT molecular complexity index is 1000. The third-order valence-corrected chi connectivity index (χ3v) is 6.74. The van der Waals surface area contributed by atoms with Gasteiger partial charge in [0.15, 0.2) is 0 Å². The van der Waals surface area contributed by atoms with Crippen LogP contribution in [0.5, 0.6) is 0 Å². The van der Waals surface area contributed by atoms with Gasteiger partial charge in [0.2, 0.25) is 0 Å². The van der Waals surface area contributed by atoms with Crippen LogP contribution in [0.2, 0.25) is 0 Å². The molecule has 2 heteroatoms. The van der Waals surface area contributed by atoms with Crippen molar-refractivity contribution in [2.75, 3.05) is 5.32 Å². The topological polar surface area (TPSA) is 24.9 Å². The molecule has 0 saturated carbocycles. The van der Waals surface area contributed by atoms with Crippen molar-refractivity contribution in [3.63, 3.8) is 0 Å². The highest BCUT2D eigenvalue weighted by molar-refractivity contribution is 5.73. The average molecular weight is 413 g/mol. The third kappa shape index (κ3) is 5.36. The Kier molecular flexibility index (Phi) is 7.06. The lowest BCUT2D eigenvalue weighted by atomic mass is 9.91. The molecule has 31 heavy (non-hydrogen) atoms. The molecule has 0 amide bonds. The van der Waals surface area contributed by atoms with Crippen LogP contribution in [-0.2, 0) is 12.8 Å². The molecule has 0 fully saturated rings. The van der Waals surface area contributed by atoms with E-state index in [4.69, 9.17) is 0 Å². The molecule has 0 radical (unpaired) electrons. The van der Waals surface area contributed by atoms with E-state index in [1.54, 1.807) is 5.56 Å². The molecule has 0 spiro atoms. The lowest BCUT2D eigenvalue weighted by Crippen LogP contribution is -2.04. The van der Waals surface area contributed by atoms with Crippen LogP contribution in [0.25, 0.3) is 11.3 Å². The summed E-state index contributed by atoms with van der Waals surface area (Å²) >= 11 is 0. The van der Waals surface area contributed by atoms with Gasteiger partial charge in [-0.3, -0.25) is 4.98 Å². The van der Waals surface area contributed by atoms with Gasteiger partial charge in [0.05, 0.1) is 5.69 Å². The Morgan fingerprint density at radius 1 is 1.03 bits per heavy atom. The van der Waals surface area contributed by atoms with Crippen molar-refractivity contribution in [2.45, 2.75) is 72.1 Å². The number of aryl methyl sites for hydroxylation is 2. The van der Waals surface area contributed by atoms with Crippen LogP contribution in [0.4, 0.5) is 11.4 Å². The normalized spacial score (nSPS) is 15.9. The van der Waals surface area contributed by atoms with E-state index in [2.05, 4.69) is 79.6 Å². The van der Waals surface area contributed by atoms with E-state index in [1.165, 1.54) is 79.3 Å². The van der Waals surface area contributed by atoms with E-state index >= 15 is 0 Å². The summed E-state index contributed by atoms with van der Waals surface area (Å²) in [5.74, 6) is 0.849. The molecule has 1 N–H and O–H groups in total. The monoisotopic (exact) mass is 412 g/mol. The predicted octanol–water partition coefficient (Wildman–Crippen LogP) is 8.18. The fraction of sp³-hybridized carbons (Fsp3) is 0.414. The van der Waals surface area contributed by atoms with Gasteiger partial charge < -0.3 is 5.32 Å². The average Bonchev–Trinajstić information content (AvgIpc) is 2.99. The first-order valence-corrected chi connectivity index (χ1v) is 12.1. The fourth-order valence-electron chi connectivity index (χ4n) is 4.91. The molecule has 1 aromatic heterocycles. The summed E-state index contributed by atoms with van der Waals surface area (Å²) in [6, 6.07) is 17.7. The molecule has 1 atom stereocenters. The molecule has 1 unspecified atom stereocenters. The van der Waals surface area contributed by atoms with Crippen molar-refractivity contribution in [1.82, 2.24) is 4.98 Å². The molecule has 1 aliphatic carbocycles. The standard InChI is InChI=1S/C29H36N2/c1-4-5-6-9-23-10-7-12-26-24(18-23)11-8-13-29(26)31-25-16-15-22(3)27(19-25)28-17-14-21(2)20-30-28/h8,11,13-17,19-20,23,31H,4-7,9-10,12,18H2,1-3H3. The molecule has 0 bridgehead atoms. The largest absolute Gasteiger partial charge is 0.355 e. The molecule has 3 aromatic rings. The Labute approximate surface area is 188 Å². The number of aromatic nitrogens is 1. The summed E-state index contributed by atoms with van der Waals surface area (Å²) in [6.07, 6.45) is 12.5. The summed E-state index contributed by atoms with van der Waals surface area (Å²) in [5.41, 5.74) is 10.2. The van der Waals surface area contributed by atoms with E-state index in [0.717, 1.165) is 17.3 Å². The van der Waals surface area contributed by atoms with Gasteiger partial charge >= 0.3 is 0 Å². The van der Waals surface area contributed by atoms with Crippen molar-refractivity contribution in [2.24, 2.45) is 5.92 Å². The summed E-state index contributed by atoms with van der Waals surface area (Å²) in [5, 5.41) is 3.75. The van der Waals surface area contributed by atoms with Gasteiger partial charge in [-0.2, -0.15) is 0 Å². The SMILES string of the molecule is CCCCCC1CCCc2c(cccc2Nc2ccc(C)c(-c3ccc(C)cn3)c2)C1. The van der Waals surface area contributed by atoms with E-state index < -0.39 is 0 Å². The van der Waals surface area contributed by atoms with Crippen LogP contribution < -0.4 is 5.32 Å². The second-order valence-electron chi connectivity index (χ2n) is 9.28. The second kappa shape index (κ2) is 10.1. The first-order chi connectivity index (χ1) is 15.1. The van der Waals surface area contributed by atoms with E-state index in [1.807, 2.05) is 6.20 Å². The molecule has 4 rings (SSSR count). The minimum atomic E-state index is 0.849. The van der Waals surface area contributed by atoms with Crippen LogP contribution in [0.3, 0.4) is 0 Å². The maximum absolute atomic E-state index is 4.65. The van der Waals surface area contributed by atoms with Crippen molar-refractivity contribution in [1.29, 1.82) is 0 Å². The number of anilines is 2. The maximum Gasteiger partial charge on any atom is 0.0705 e. The number of hydrogen-bond acceptors (Lipinski definition) is 2. The van der Waals surface area contributed by atoms with Crippen molar-refractivity contribution in [3.05, 3.63) is 77.0 Å². The maximum atomic E-state index is 4.65. The molecule has 2 aromatic carbocycles. The lowest BCUT2D eigenvalue weighted by molar-refractivity contribution is 0.425. The zero-order valence-corrected chi connectivity index (χ0v) is 19.4. The molecule has 162 valence electrons. The van der Waals surface area contributed by atoms with Gasteiger partial charge in [-0.05, 0) is 92.0 Å². The van der Waals surface area contributed by atoms with Crippen LogP contribution in [0.1, 0.15) is 67.7 Å². The van der Waals surface area contributed by atoms with Gasteiger partial charge in [0, 0.05) is 23.1 Å². The number of benzene rings is 2. The molecular weight excluding hydrogens is 376 g/mol. The minimum Gasteiger partial charge on any atom is -0.355 e. The summed E-state index contributed by atoms with van der Waals surface area (Å²) < 4.78 is 0. The van der Waals surface area contributed by atoms with Gasteiger partial charge in [-0.1, -0.05) is 56.9 Å².